The Balaban J connectivity index is 1.63. The zero-order chi connectivity index (χ0) is 31.8. The van der Waals surface area contributed by atoms with Crippen LogP contribution >= 0.6 is 0 Å². The monoisotopic (exact) mass is 613 g/mol. The van der Waals surface area contributed by atoms with Crippen LogP contribution in [0.15, 0.2) is 73.1 Å². The molecule has 0 N–H and O–H groups in total. The van der Waals surface area contributed by atoms with Gasteiger partial charge in [-0.15, -0.1) is 0 Å². The molecule has 0 aliphatic heterocycles. The van der Waals surface area contributed by atoms with Crippen molar-refractivity contribution in [2.45, 2.75) is 180 Å². The number of hydrogen-bond acceptors (Lipinski definition) is 1. The van der Waals surface area contributed by atoms with Gasteiger partial charge in [0.1, 0.15) is 5.82 Å². The molecule has 2 atom stereocenters. The van der Waals surface area contributed by atoms with Crippen LogP contribution in [0.5, 0.6) is 0 Å². The van der Waals surface area contributed by atoms with Gasteiger partial charge in [0.2, 0.25) is 0 Å². The van der Waals surface area contributed by atoms with Crippen molar-refractivity contribution >= 4 is 0 Å². The fraction of sp³-hybridized carbons (Fsp3) is 0.651. The molecule has 1 aromatic heterocycles. The molecule has 0 aliphatic rings. The molecule has 1 heterocycles. The number of imidazole rings is 1. The average molecular weight is 613 g/mol. The molecule has 3 rings (SSSR count). The lowest BCUT2D eigenvalue weighted by Gasteiger charge is -2.39. The van der Waals surface area contributed by atoms with Gasteiger partial charge in [-0.3, -0.25) is 0 Å². The standard InChI is InChI=1S/C43H68N2/c1-4-6-8-10-12-13-14-15-16-17-18-20-28-34-41(42-44-35-37-45(42)36-29-21-19-11-9-7-5-2)43(3,40-32-26-23-27-33-40)38-39-30-24-22-25-31-39/h22-27,30-33,35,37,41H,4-21,28-29,34,36,38H2,1-3H3. The Hall–Kier alpha value is -2.35. The molecule has 0 saturated heterocycles. The van der Waals surface area contributed by atoms with Gasteiger partial charge in [-0.25, -0.2) is 4.98 Å². The van der Waals surface area contributed by atoms with E-state index in [0.29, 0.717) is 5.92 Å². The summed E-state index contributed by atoms with van der Waals surface area (Å²) in [7, 11) is 0. The Labute approximate surface area is 278 Å². The van der Waals surface area contributed by atoms with Crippen LogP contribution in [-0.2, 0) is 18.4 Å². The minimum Gasteiger partial charge on any atom is -0.335 e. The lowest BCUT2D eigenvalue weighted by molar-refractivity contribution is 0.321. The van der Waals surface area contributed by atoms with E-state index in [1.165, 1.54) is 152 Å². The van der Waals surface area contributed by atoms with Crippen LogP contribution in [0.2, 0.25) is 0 Å². The molecule has 2 unspecified atom stereocenters. The van der Waals surface area contributed by atoms with Gasteiger partial charge in [-0.05, 0) is 30.4 Å². The van der Waals surface area contributed by atoms with E-state index in [2.05, 4.69) is 98.4 Å². The van der Waals surface area contributed by atoms with Crippen molar-refractivity contribution in [3.63, 3.8) is 0 Å². The molecule has 2 nitrogen and oxygen atoms in total. The minimum atomic E-state index is -0.0248. The van der Waals surface area contributed by atoms with Gasteiger partial charge in [0.15, 0.2) is 0 Å². The van der Waals surface area contributed by atoms with Gasteiger partial charge < -0.3 is 4.57 Å². The third kappa shape index (κ3) is 13.9. The van der Waals surface area contributed by atoms with E-state index in [0.717, 1.165) is 13.0 Å². The van der Waals surface area contributed by atoms with Crippen LogP contribution in [0.4, 0.5) is 0 Å². The van der Waals surface area contributed by atoms with Crippen molar-refractivity contribution in [1.82, 2.24) is 9.55 Å². The molecule has 0 radical (unpaired) electrons. The van der Waals surface area contributed by atoms with E-state index in [4.69, 9.17) is 4.98 Å². The maximum atomic E-state index is 5.13. The summed E-state index contributed by atoms with van der Waals surface area (Å²) in [4.78, 5) is 5.13. The summed E-state index contributed by atoms with van der Waals surface area (Å²) < 4.78 is 2.52. The number of rotatable bonds is 27. The van der Waals surface area contributed by atoms with E-state index < -0.39 is 0 Å². The third-order valence-corrected chi connectivity index (χ3v) is 10.3. The maximum absolute atomic E-state index is 5.13. The summed E-state index contributed by atoms with van der Waals surface area (Å²) in [5, 5.41) is 0. The zero-order valence-electron chi connectivity index (χ0n) is 29.7. The molecule has 0 spiro atoms. The predicted molar refractivity (Wildman–Crippen MR) is 197 cm³/mol. The van der Waals surface area contributed by atoms with Gasteiger partial charge in [0.05, 0.1) is 0 Å². The smallest absolute Gasteiger partial charge is 0.112 e. The fourth-order valence-electron chi connectivity index (χ4n) is 7.42. The molecule has 0 bridgehead atoms. The van der Waals surface area contributed by atoms with Gasteiger partial charge in [-0.2, -0.15) is 0 Å². The topological polar surface area (TPSA) is 17.8 Å². The number of aromatic nitrogens is 2. The summed E-state index contributed by atoms with van der Waals surface area (Å²) >= 11 is 0. The van der Waals surface area contributed by atoms with E-state index in [1.54, 1.807) is 0 Å². The normalized spacial score (nSPS) is 13.6. The highest BCUT2D eigenvalue weighted by atomic mass is 15.1. The third-order valence-electron chi connectivity index (χ3n) is 10.3. The predicted octanol–water partition coefficient (Wildman–Crippen LogP) is 13.4. The number of aryl methyl sites for hydroxylation is 1. The minimum absolute atomic E-state index is 0.0248. The lowest BCUT2D eigenvalue weighted by Crippen LogP contribution is -2.35. The summed E-state index contributed by atoms with van der Waals surface area (Å²) in [6, 6.07) is 22.5. The Morgan fingerprint density at radius 3 is 1.58 bits per heavy atom. The van der Waals surface area contributed by atoms with Crippen LogP contribution in [0.1, 0.15) is 178 Å². The molecule has 2 aromatic carbocycles. The molecule has 3 aromatic rings. The van der Waals surface area contributed by atoms with Gasteiger partial charge >= 0.3 is 0 Å². The van der Waals surface area contributed by atoms with Crippen LogP contribution in [0, 0.1) is 0 Å². The summed E-state index contributed by atoms with van der Waals surface area (Å²) in [6.45, 7) is 8.22. The molecule has 0 fully saturated rings. The maximum Gasteiger partial charge on any atom is 0.112 e. The van der Waals surface area contributed by atoms with Gasteiger partial charge in [-0.1, -0.05) is 203 Å². The Morgan fingerprint density at radius 2 is 1.04 bits per heavy atom. The summed E-state index contributed by atoms with van der Waals surface area (Å²) in [6.07, 6.45) is 34.2. The highest BCUT2D eigenvalue weighted by molar-refractivity contribution is 5.33. The van der Waals surface area contributed by atoms with E-state index >= 15 is 0 Å². The number of nitrogens with zero attached hydrogens (tertiary/aromatic N) is 2. The second kappa shape index (κ2) is 23.0. The molecule has 0 aliphatic carbocycles. The van der Waals surface area contributed by atoms with Crippen LogP contribution in [-0.4, -0.2) is 9.55 Å². The van der Waals surface area contributed by atoms with Crippen LogP contribution < -0.4 is 0 Å². The Bertz CT molecular complexity index is 1090. The number of benzene rings is 2. The molecular formula is C43H68N2. The largest absolute Gasteiger partial charge is 0.335 e. The highest BCUT2D eigenvalue weighted by Crippen LogP contribution is 2.44. The van der Waals surface area contributed by atoms with Gasteiger partial charge in [0, 0.05) is 30.3 Å². The second-order valence-corrected chi connectivity index (χ2v) is 14.1. The first-order valence-electron chi connectivity index (χ1n) is 19.3. The second-order valence-electron chi connectivity index (χ2n) is 14.1. The SMILES string of the molecule is CCCCCCCCCCCCCCCC(c1nccn1CCCCCCCCC)C(C)(Cc1ccccc1)c1ccccc1. The Morgan fingerprint density at radius 1 is 0.578 bits per heavy atom. The number of unbranched alkanes of at least 4 members (excludes halogenated alkanes) is 18. The van der Waals surface area contributed by atoms with Crippen molar-refractivity contribution in [1.29, 1.82) is 0 Å². The van der Waals surface area contributed by atoms with Crippen molar-refractivity contribution in [2.75, 3.05) is 0 Å². The molecule has 2 heteroatoms. The van der Waals surface area contributed by atoms with E-state index in [-0.39, 0.29) is 5.41 Å². The summed E-state index contributed by atoms with van der Waals surface area (Å²) in [5.41, 5.74) is 2.84. The van der Waals surface area contributed by atoms with E-state index in [1.807, 2.05) is 0 Å². The highest BCUT2D eigenvalue weighted by Gasteiger charge is 2.39. The quantitative estimate of drug-likeness (QED) is 0.0783. The van der Waals surface area contributed by atoms with Crippen molar-refractivity contribution in [3.8, 4) is 0 Å². The summed E-state index contributed by atoms with van der Waals surface area (Å²) in [5.74, 6) is 1.69. The fourth-order valence-corrected chi connectivity index (χ4v) is 7.42. The molecule has 45 heavy (non-hydrogen) atoms. The average Bonchev–Trinajstić information content (AvgIpc) is 3.53. The van der Waals surface area contributed by atoms with Crippen molar-refractivity contribution < 1.29 is 0 Å². The van der Waals surface area contributed by atoms with Crippen molar-refractivity contribution in [2.24, 2.45) is 0 Å². The zero-order valence-corrected chi connectivity index (χ0v) is 29.7. The first-order chi connectivity index (χ1) is 22.2. The molecule has 0 amide bonds. The molecule has 0 saturated carbocycles. The van der Waals surface area contributed by atoms with Crippen molar-refractivity contribution in [3.05, 3.63) is 90.0 Å². The first kappa shape index (κ1) is 37.1. The Kier molecular flexibility index (Phi) is 19.0. The van der Waals surface area contributed by atoms with E-state index in [9.17, 15) is 0 Å². The van der Waals surface area contributed by atoms with Crippen LogP contribution in [0.25, 0.3) is 0 Å². The van der Waals surface area contributed by atoms with Gasteiger partial charge in [0.25, 0.3) is 0 Å². The molecule has 250 valence electrons. The molecular weight excluding hydrogens is 544 g/mol. The van der Waals surface area contributed by atoms with Crippen LogP contribution in [0.3, 0.4) is 0 Å². The lowest BCUT2D eigenvalue weighted by atomic mass is 9.66. The number of hydrogen-bond donors (Lipinski definition) is 0. The first-order valence-corrected chi connectivity index (χ1v) is 19.3.